The summed E-state index contributed by atoms with van der Waals surface area (Å²) in [4.78, 5) is 9.06. The predicted molar refractivity (Wildman–Crippen MR) is 105 cm³/mol. The Hall–Kier alpha value is -3.22. The Morgan fingerprint density at radius 3 is 2.44 bits per heavy atom. The first-order chi connectivity index (χ1) is 13.2. The molecule has 0 radical (unpaired) electrons. The van der Waals surface area contributed by atoms with Gasteiger partial charge in [-0.25, -0.2) is 4.39 Å². The Morgan fingerprint density at radius 2 is 1.70 bits per heavy atom. The van der Waals surface area contributed by atoms with Crippen molar-refractivity contribution in [2.75, 3.05) is 41.3 Å². The number of aromatic nitrogens is 3. The van der Waals surface area contributed by atoms with Crippen molar-refractivity contribution in [3.8, 4) is 0 Å². The van der Waals surface area contributed by atoms with Gasteiger partial charge in [-0.1, -0.05) is 12.1 Å². The lowest BCUT2D eigenvalue weighted by Gasteiger charge is -2.36. The molecule has 0 atom stereocenters. The van der Waals surface area contributed by atoms with Crippen molar-refractivity contribution in [3.63, 3.8) is 0 Å². The van der Waals surface area contributed by atoms with E-state index >= 15 is 0 Å². The molecular formula is C20H21FN6. The molecule has 2 heterocycles. The number of hydrogen-bond acceptors (Lipinski definition) is 6. The van der Waals surface area contributed by atoms with Crippen LogP contribution in [0.1, 0.15) is 5.56 Å². The van der Waals surface area contributed by atoms with Crippen LogP contribution in [0.25, 0.3) is 0 Å². The monoisotopic (exact) mass is 364 g/mol. The highest BCUT2D eigenvalue weighted by Crippen LogP contribution is 2.20. The highest BCUT2D eigenvalue weighted by atomic mass is 19.1. The minimum atomic E-state index is -0.270. The molecule has 1 N–H and O–H groups in total. The first-order valence-corrected chi connectivity index (χ1v) is 8.96. The molecule has 1 aliphatic heterocycles. The smallest absolute Gasteiger partial charge is 0.247 e. The number of benzene rings is 2. The molecule has 6 nitrogen and oxygen atoms in total. The van der Waals surface area contributed by atoms with Crippen LogP contribution in [0.15, 0.2) is 54.7 Å². The van der Waals surface area contributed by atoms with Gasteiger partial charge in [0, 0.05) is 37.6 Å². The van der Waals surface area contributed by atoms with Crippen LogP contribution in [0.4, 0.5) is 27.5 Å². The molecule has 1 fully saturated rings. The van der Waals surface area contributed by atoms with Crippen LogP contribution in [0.3, 0.4) is 0 Å². The average Bonchev–Trinajstić information content (AvgIpc) is 2.70. The van der Waals surface area contributed by atoms with E-state index in [4.69, 9.17) is 0 Å². The number of nitrogens with one attached hydrogen (secondary N) is 1. The highest BCUT2D eigenvalue weighted by molar-refractivity contribution is 5.56. The summed E-state index contributed by atoms with van der Waals surface area (Å²) >= 11 is 0. The first kappa shape index (κ1) is 17.2. The van der Waals surface area contributed by atoms with Gasteiger partial charge in [-0.15, -0.1) is 5.10 Å². The second kappa shape index (κ2) is 7.57. The van der Waals surface area contributed by atoms with E-state index in [0.29, 0.717) is 11.8 Å². The molecular weight excluding hydrogens is 343 g/mol. The average molecular weight is 364 g/mol. The number of rotatable bonds is 4. The third-order valence-corrected chi connectivity index (χ3v) is 4.59. The van der Waals surface area contributed by atoms with E-state index in [9.17, 15) is 4.39 Å². The Bertz CT molecular complexity index is 906. The second-order valence-electron chi connectivity index (χ2n) is 6.59. The van der Waals surface area contributed by atoms with Gasteiger partial charge < -0.3 is 15.1 Å². The Balaban J connectivity index is 1.42. The summed E-state index contributed by atoms with van der Waals surface area (Å²) in [7, 11) is 0. The maximum absolute atomic E-state index is 13.0. The van der Waals surface area contributed by atoms with Crippen molar-refractivity contribution >= 4 is 23.1 Å². The second-order valence-corrected chi connectivity index (χ2v) is 6.59. The molecule has 0 unspecified atom stereocenters. The Labute approximate surface area is 157 Å². The standard InChI is InChI=1S/C20H21FN6/c1-15-3-2-4-18(13-15)26-9-11-27(12-10-26)20-24-19(14-22-25-20)23-17-7-5-16(21)6-8-17/h2-8,13-14H,9-12H2,1H3,(H,23,24,25). The zero-order valence-corrected chi connectivity index (χ0v) is 15.1. The zero-order valence-electron chi connectivity index (χ0n) is 15.1. The lowest BCUT2D eigenvalue weighted by Crippen LogP contribution is -2.47. The fourth-order valence-electron chi connectivity index (χ4n) is 3.16. The van der Waals surface area contributed by atoms with Gasteiger partial charge in [0.15, 0.2) is 5.82 Å². The maximum atomic E-state index is 13.0. The summed E-state index contributed by atoms with van der Waals surface area (Å²) in [5.74, 6) is 0.923. The van der Waals surface area contributed by atoms with Crippen molar-refractivity contribution in [1.82, 2.24) is 15.2 Å². The van der Waals surface area contributed by atoms with E-state index in [-0.39, 0.29) is 5.82 Å². The van der Waals surface area contributed by atoms with Gasteiger partial charge in [-0.2, -0.15) is 10.1 Å². The number of nitrogens with zero attached hydrogens (tertiary/aromatic N) is 5. The molecule has 7 heteroatoms. The number of hydrogen-bond donors (Lipinski definition) is 1. The molecule has 0 amide bonds. The molecule has 0 aliphatic carbocycles. The quantitative estimate of drug-likeness (QED) is 0.766. The summed E-state index contributed by atoms with van der Waals surface area (Å²) in [5.41, 5.74) is 3.27. The summed E-state index contributed by atoms with van der Waals surface area (Å²) < 4.78 is 13.0. The zero-order chi connectivity index (χ0) is 18.6. The molecule has 1 aromatic heterocycles. The van der Waals surface area contributed by atoms with Crippen LogP contribution in [-0.2, 0) is 0 Å². The molecule has 0 bridgehead atoms. The van der Waals surface area contributed by atoms with Crippen LogP contribution >= 0.6 is 0 Å². The van der Waals surface area contributed by atoms with Crippen LogP contribution in [-0.4, -0.2) is 41.4 Å². The maximum Gasteiger partial charge on any atom is 0.247 e. The summed E-state index contributed by atoms with van der Waals surface area (Å²) in [6.45, 7) is 5.58. The SMILES string of the molecule is Cc1cccc(N2CCN(c3nncc(Nc4ccc(F)cc4)n3)CC2)c1. The number of halogens is 1. The fourth-order valence-corrected chi connectivity index (χ4v) is 3.16. The van der Waals surface area contributed by atoms with Gasteiger partial charge in [0.1, 0.15) is 5.82 Å². The van der Waals surface area contributed by atoms with Crippen molar-refractivity contribution in [1.29, 1.82) is 0 Å². The normalized spacial score (nSPS) is 14.3. The molecule has 27 heavy (non-hydrogen) atoms. The van der Waals surface area contributed by atoms with Crippen molar-refractivity contribution in [2.45, 2.75) is 6.92 Å². The van der Waals surface area contributed by atoms with Crippen LogP contribution < -0.4 is 15.1 Å². The minimum absolute atomic E-state index is 0.270. The summed E-state index contributed by atoms with van der Waals surface area (Å²) in [5, 5.41) is 11.4. The highest BCUT2D eigenvalue weighted by Gasteiger charge is 2.20. The van der Waals surface area contributed by atoms with Crippen LogP contribution in [0.5, 0.6) is 0 Å². The van der Waals surface area contributed by atoms with Gasteiger partial charge in [-0.05, 0) is 48.9 Å². The van der Waals surface area contributed by atoms with E-state index in [1.54, 1.807) is 18.3 Å². The minimum Gasteiger partial charge on any atom is -0.368 e. The molecule has 0 spiro atoms. The summed E-state index contributed by atoms with van der Waals surface area (Å²) in [6, 6.07) is 14.7. The Kier molecular flexibility index (Phi) is 4.82. The largest absolute Gasteiger partial charge is 0.368 e. The molecule has 138 valence electrons. The third-order valence-electron chi connectivity index (χ3n) is 4.59. The molecule has 4 rings (SSSR count). The lowest BCUT2D eigenvalue weighted by molar-refractivity contribution is 0.628. The van der Waals surface area contributed by atoms with E-state index < -0.39 is 0 Å². The molecule has 0 saturated carbocycles. The molecule has 3 aromatic rings. The van der Waals surface area contributed by atoms with Crippen molar-refractivity contribution < 1.29 is 4.39 Å². The van der Waals surface area contributed by atoms with Crippen molar-refractivity contribution in [2.24, 2.45) is 0 Å². The van der Waals surface area contributed by atoms with Gasteiger partial charge in [-0.3, -0.25) is 0 Å². The van der Waals surface area contributed by atoms with E-state index in [2.05, 4.69) is 61.5 Å². The van der Waals surface area contributed by atoms with Crippen LogP contribution in [0, 0.1) is 12.7 Å². The molecule has 1 saturated heterocycles. The predicted octanol–water partition coefficient (Wildman–Crippen LogP) is 3.39. The Morgan fingerprint density at radius 1 is 0.963 bits per heavy atom. The topological polar surface area (TPSA) is 57.2 Å². The lowest BCUT2D eigenvalue weighted by atomic mass is 10.2. The fraction of sp³-hybridized carbons (Fsp3) is 0.250. The molecule has 2 aromatic carbocycles. The van der Waals surface area contributed by atoms with Crippen LogP contribution in [0.2, 0.25) is 0 Å². The first-order valence-electron chi connectivity index (χ1n) is 8.96. The summed E-state index contributed by atoms with van der Waals surface area (Å²) in [6.07, 6.45) is 1.57. The molecule has 1 aliphatic rings. The van der Waals surface area contributed by atoms with Gasteiger partial charge in [0.05, 0.1) is 6.20 Å². The number of anilines is 4. The van der Waals surface area contributed by atoms with Gasteiger partial charge in [0.25, 0.3) is 0 Å². The number of aryl methyl sites for hydroxylation is 1. The van der Waals surface area contributed by atoms with E-state index in [0.717, 1.165) is 31.9 Å². The number of piperazine rings is 1. The van der Waals surface area contributed by atoms with E-state index in [1.807, 2.05) is 0 Å². The van der Waals surface area contributed by atoms with Gasteiger partial charge in [0.2, 0.25) is 5.95 Å². The van der Waals surface area contributed by atoms with Gasteiger partial charge >= 0.3 is 0 Å². The third kappa shape index (κ3) is 4.13. The van der Waals surface area contributed by atoms with E-state index in [1.165, 1.54) is 23.4 Å². The van der Waals surface area contributed by atoms with Crippen molar-refractivity contribution in [3.05, 3.63) is 66.1 Å².